The molecule has 1 rings (SSSR count). The number of hydrogen-bond acceptors (Lipinski definition) is 3. The molecule has 1 heterocycles. The molecule has 76 valence electrons. The number of rotatable bonds is 3. The summed E-state index contributed by atoms with van der Waals surface area (Å²) in [4.78, 5) is 12.5. The fraction of sp³-hybridized carbons (Fsp3) is 0.286. The van der Waals surface area contributed by atoms with Crippen LogP contribution in [0.5, 0.6) is 0 Å². The van der Waals surface area contributed by atoms with Gasteiger partial charge in [0.2, 0.25) is 0 Å². The molecular formula is C7H5F3N2O2. The van der Waals surface area contributed by atoms with Gasteiger partial charge >= 0.3 is 5.82 Å². The average Bonchev–Trinajstić information content (AvgIpc) is 2.16. The van der Waals surface area contributed by atoms with Crippen molar-refractivity contribution in [2.45, 2.75) is 13.1 Å². The summed E-state index contributed by atoms with van der Waals surface area (Å²) in [5.41, 5.74) is -1.20. The molecule has 14 heavy (non-hydrogen) atoms. The van der Waals surface area contributed by atoms with Gasteiger partial charge in [-0.05, 0) is 16.0 Å². The molecule has 0 saturated heterocycles. The van der Waals surface area contributed by atoms with Crippen molar-refractivity contribution >= 4 is 5.82 Å². The monoisotopic (exact) mass is 206 g/mol. The van der Waals surface area contributed by atoms with E-state index in [4.69, 9.17) is 0 Å². The Kier molecular flexibility index (Phi) is 3.00. The van der Waals surface area contributed by atoms with Gasteiger partial charge in [0.25, 0.3) is 6.43 Å². The highest BCUT2D eigenvalue weighted by atomic mass is 19.3. The van der Waals surface area contributed by atoms with Crippen LogP contribution in [0.15, 0.2) is 12.1 Å². The first-order chi connectivity index (χ1) is 6.56. The van der Waals surface area contributed by atoms with Crippen LogP contribution in [0.1, 0.15) is 17.7 Å². The highest BCUT2D eigenvalue weighted by Gasteiger charge is 2.20. The van der Waals surface area contributed by atoms with Gasteiger partial charge in [0.05, 0.1) is 5.56 Å². The SMILES string of the molecule is O=[N+]([O-])c1ccc(C(F)F)c(CF)n1. The molecule has 0 unspecified atom stereocenters. The number of nitrogens with zero attached hydrogens (tertiary/aromatic N) is 2. The van der Waals surface area contributed by atoms with E-state index in [0.717, 1.165) is 12.1 Å². The molecule has 0 saturated carbocycles. The summed E-state index contributed by atoms with van der Waals surface area (Å²) < 4.78 is 36.5. The summed E-state index contributed by atoms with van der Waals surface area (Å²) in [5, 5.41) is 10.2. The van der Waals surface area contributed by atoms with E-state index in [9.17, 15) is 23.3 Å². The number of nitro groups is 1. The lowest BCUT2D eigenvalue weighted by Gasteiger charge is -2.00. The minimum atomic E-state index is -2.88. The Bertz CT molecular complexity index is 357. The highest BCUT2D eigenvalue weighted by molar-refractivity contribution is 5.29. The molecule has 4 nitrogen and oxygen atoms in total. The molecule has 0 aliphatic carbocycles. The van der Waals surface area contributed by atoms with Crippen LogP contribution in [0.25, 0.3) is 0 Å². The third-order valence-corrected chi connectivity index (χ3v) is 1.54. The fourth-order valence-electron chi connectivity index (χ4n) is 0.908. The zero-order chi connectivity index (χ0) is 10.7. The quantitative estimate of drug-likeness (QED) is 0.563. The predicted molar refractivity (Wildman–Crippen MR) is 40.7 cm³/mol. The van der Waals surface area contributed by atoms with E-state index < -0.39 is 35.1 Å². The van der Waals surface area contributed by atoms with Gasteiger partial charge in [-0.25, -0.2) is 13.2 Å². The van der Waals surface area contributed by atoms with Crippen LogP contribution in [-0.2, 0) is 6.67 Å². The predicted octanol–water partition coefficient (Wildman–Crippen LogP) is 2.40. The van der Waals surface area contributed by atoms with Gasteiger partial charge < -0.3 is 10.1 Å². The Morgan fingerprint density at radius 3 is 2.57 bits per heavy atom. The first kappa shape index (κ1) is 10.4. The topological polar surface area (TPSA) is 56.0 Å². The molecule has 7 heteroatoms. The van der Waals surface area contributed by atoms with E-state index in [0.29, 0.717) is 0 Å². The number of halogens is 3. The van der Waals surface area contributed by atoms with Gasteiger partial charge in [0, 0.05) is 6.07 Å². The van der Waals surface area contributed by atoms with Crippen LogP contribution in [0, 0.1) is 10.1 Å². The van der Waals surface area contributed by atoms with Crippen LogP contribution in [0.3, 0.4) is 0 Å². The maximum atomic E-state index is 12.2. The second-order valence-electron chi connectivity index (χ2n) is 2.40. The molecular weight excluding hydrogens is 201 g/mol. The maximum Gasteiger partial charge on any atom is 0.363 e. The van der Waals surface area contributed by atoms with Gasteiger partial charge in [-0.15, -0.1) is 0 Å². The number of pyridine rings is 1. The zero-order valence-corrected chi connectivity index (χ0v) is 6.78. The summed E-state index contributed by atoms with van der Waals surface area (Å²) in [6.07, 6.45) is -2.88. The van der Waals surface area contributed by atoms with E-state index in [1.165, 1.54) is 0 Å². The van der Waals surface area contributed by atoms with Crippen molar-refractivity contribution in [3.63, 3.8) is 0 Å². The Hall–Kier alpha value is -1.66. The van der Waals surface area contributed by atoms with E-state index in [-0.39, 0.29) is 0 Å². The van der Waals surface area contributed by atoms with Crippen molar-refractivity contribution < 1.29 is 18.1 Å². The molecule has 0 spiro atoms. The van der Waals surface area contributed by atoms with Gasteiger partial charge in [0.1, 0.15) is 0 Å². The van der Waals surface area contributed by atoms with Crippen LogP contribution in [0.2, 0.25) is 0 Å². The number of hydrogen-bond donors (Lipinski definition) is 0. The molecule has 0 radical (unpaired) electrons. The Balaban J connectivity index is 3.18. The molecule has 0 N–H and O–H groups in total. The molecule has 0 fully saturated rings. The third kappa shape index (κ3) is 1.98. The largest absolute Gasteiger partial charge is 0.363 e. The van der Waals surface area contributed by atoms with Crippen molar-refractivity contribution in [1.82, 2.24) is 4.98 Å². The Morgan fingerprint density at radius 2 is 2.14 bits per heavy atom. The van der Waals surface area contributed by atoms with E-state index >= 15 is 0 Å². The van der Waals surface area contributed by atoms with E-state index in [2.05, 4.69) is 4.98 Å². The van der Waals surface area contributed by atoms with Crippen molar-refractivity contribution in [2.24, 2.45) is 0 Å². The third-order valence-electron chi connectivity index (χ3n) is 1.54. The lowest BCUT2D eigenvalue weighted by Crippen LogP contribution is -2.00. The fourth-order valence-corrected chi connectivity index (χ4v) is 0.908. The summed E-state index contributed by atoms with van der Waals surface area (Å²) >= 11 is 0. The first-order valence-electron chi connectivity index (χ1n) is 3.54. The molecule has 1 aromatic heterocycles. The molecule has 0 aliphatic heterocycles. The number of alkyl halides is 3. The standard InChI is InChI=1S/C7H5F3N2O2/c8-3-5-4(7(9)10)1-2-6(11-5)12(13)14/h1-2,7H,3H2. The summed E-state index contributed by atoms with van der Waals surface area (Å²) in [5.74, 6) is -0.637. The van der Waals surface area contributed by atoms with Gasteiger partial charge in [-0.3, -0.25) is 0 Å². The summed E-state index contributed by atoms with van der Waals surface area (Å²) in [6.45, 7) is -1.25. The van der Waals surface area contributed by atoms with Crippen LogP contribution in [-0.4, -0.2) is 9.91 Å². The summed E-state index contributed by atoms with van der Waals surface area (Å²) in [6, 6.07) is 1.63. The highest BCUT2D eigenvalue weighted by Crippen LogP contribution is 2.24. The molecule has 1 aromatic rings. The first-order valence-corrected chi connectivity index (χ1v) is 3.54. The molecule has 0 amide bonds. The summed E-state index contributed by atoms with van der Waals surface area (Å²) in [7, 11) is 0. The molecule has 0 atom stereocenters. The second kappa shape index (κ2) is 4.03. The maximum absolute atomic E-state index is 12.2. The molecule has 0 bridgehead atoms. The van der Waals surface area contributed by atoms with Crippen molar-refractivity contribution in [1.29, 1.82) is 0 Å². The Morgan fingerprint density at radius 1 is 1.50 bits per heavy atom. The van der Waals surface area contributed by atoms with E-state index in [1.54, 1.807) is 0 Å². The lowest BCUT2D eigenvalue weighted by atomic mass is 10.2. The van der Waals surface area contributed by atoms with Gasteiger partial charge in [0.15, 0.2) is 12.4 Å². The smallest absolute Gasteiger partial charge is 0.358 e. The van der Waals surface area contributed by atoms with Crippen LogP contribution >= 0.6 is 0 Å². The van der Waals surface area contributed by atoms with Crippen molar-refractivity contribution in [3.05, 3.63) is 33.5 Å². The average molecular weight is 206 g/mol. The van der Waals surface area contributed by atoms with Crippen LogP contribution in [0.4, 0.5) is 19.0 Å². The minimum absolute atomic E-state index is 0.589. The zero-order valence-electron chi connectivity index (χ0n) is 6.78. The van der Waals surface area contributed by atoms with Crippen molar-refractivity contribution in [3.8, 4) is 0 Å². The lowest BCUT2D eigenvalue weighted by molar-refractivity contribution is -0.389. The normalized spacial score (nSPS) is 10.6. The van der Waals surface area contributed by atoms with Gasteiger partial charge in [-0.2, -0.15) is 0 Å². The Labute approximate surface area is 76.5 Å². The number of aromatic nitrogens is 1. The molecule has 0 aromatic carbocycles. The van der Waals surface area contributed by atoms with Crippen molar-refractivity contribution in [2.75, 3.05) is 0 Å². The minimum Gasteiger partial charge on any atom is -0.358 e. The van der Waals surface area contributed by atoms with Gasteiger partial charge in [-0.1, -0.05) is 0 Å². The van der Waals surface area contributed by atoms with E-state index in [1.807, 2.05) is 0 Å². The van der Waals surface area contributed by atoms with Crippen LogP contribution < -0.4 is 0 Å². The second-order valence-corrected chi connectivity index (χ2v) is 2.40. The molecule has 0 aliphatic rings.